The third kappa shape index (κ3) is 3.31. The van der Waals surface area contributed by atoms with Crippen molar-refractivity contribution in [1.29, 1.82) is 0 Å². The number of hydrogen-bond acceptors (Lipinski definition) is 3. The van der Waals surface area contributed by atoms with Crippen LogP contribution in [-0.2, 0) is 5.60 Å². The number of benzene rings is 2. The van der Waals surface area contributed by atoms with Crippen molar-refractivity contribution in [1.82, 2.24) is 0 Å². The highest BCUT2D eigenvalue weighted by atomic mass is 32.2. The van der Waals surface area contributed by atoms with E-state index in [0.717, 1.165) is 21.7 Å². The smallest absolute Gasteiger partial charge is 0.0962 e. The van der Waals surface area contributed by atoms with Gasteiger partial charge < -0.3 is 10.8 Å². The average molecular weight is 273 g/mol. The van der Waals surface area contributed by atoms with Crippen LogP contribution in [0.4, 0.5) is 5.69 Å². The summed E-state index contributed by atoms with van der Waals surface area (Å²) in [4.78, 5) is 1.12. The van der Waals surface area contributed by atoms with Crippen LogP contribution in [0.15, 0.2) is 53.4 Å². The monoisotopic (exact) mass is 273 g/mol. The Morgan fingerprint density at radius 1 is 1.11 bits per heavy atom. The van der Waals surface area contributed by atoms with E-state index in [1.807, 2.05) is 62.4 Å². The number of hydrogen-bond donors (Lipinski definition) is 2. The maximum absolute atomic E-state index is 10.6. The molecule has 0 aliphatic rings. The Labute approximate surface area is 118 Å². The standard InChI is InChI=1S/C16H19NOS/c1-12-14(17)9-6-10-15(12)19-11-16(2,18)13-7-4-3-5-8-13/h3-10,18H,11,17H2,1-2H3. The minimum absolute atomic E-state index is 0.599. The highest BCUT2D eigenvalue weighted by molar-refractivity contribution is 7.99. The van der Waals surface area contributed by atoms with Gasteiger partial charge in [0.15, 0.2) is 0 Å². The second-order valence-corrected chi connectivity index (χ2v) is 5.92. The molecule has 19 heavy (non-hydrogen) atoms. The Hall–Kier alpha value is -1.45. The lowest BCUT2D eigenvalue weighted by atomic mass is 9.99. The Bertz CT molecular complexity index is 552. The third-order valence-corrected chi connectivity index (χ3v) is 4.69. The molecule has 0 aromatic heterocycles. The van der Waals surface area contributed by atoms with Crippen molar-refractivity contribution in [3.63, 3.8) is 0 Å². The Morgan fingerprint density at radius 3 is 2.47 bits per heavy atom. The van der Waals surface area contributed by atoms with Crippen LogP contribution in [0.3, 0.4) is 0 Å². The van der Waals surface area contributed by atoms with Gasteiger partial charge in [-0.3, -0.25) is 0 Å². The molecule has 3 heteroatoms. The van der Waals surface area contributed by atoms with Gasteiger partial charge in [-0.15, -0.1) is 11.8 Å². The molecule has 1 unspecified atom stereocenters. The van der Waals surface area contributed by atoms with Gasteiger partial charge in [0.05, 0.1) is 5.60 Å². The van der Waals surface area contributed by atoms with Gasteiger partial charge in [0.2, 0.25) is 0 Å². The minimum Gasteiger partial charge on any atom is -0.398 e. The highest BCUT2D eigenvalue weighted by Crippen LogP contribution is 2.32. The average Bonchev–Trinajstić information content (AvgIpc) is 2.41. The van der Waals surface area contributed by atoms with E-state index in [0.29, 0.717) is 5.75 Å². The van der Waals surface area contributed by atoms with Crippen LogP contribution in [0.1, 0.15) is 18.1 Å². The molecule has 2 rings (SSSR count). The van der Waals surface area contributed by atoms with E-state index in [-0.39, 0.29) is 0 Å². The summed E-state index contributed by atoms with van der Waals surface area (Å²) in [7, 11) is 0. The van der Waals surface area contributed by atoms with Crippen molar-refractivity contribution < 1.29 is 5.11 Å². The highest BCUT2D eigenvalue weighted by Gasteiger charge is 2.23. The molecule has 3 N–H and O–H groups in total. The summed E-state index contributed by atoms with van der Waals surface area (Å²) in [5, 5.41) is 10.6. The predicted octanol–water partition coefficient (Wildman–Crippen LogP) is 3.58. The number of rotatable bonds is 4. The fourth-order valence-electron chi connectivity index (χ4n) is 1.89. The molecule has 1 atom stereocenters. The lowest BCUT2D eigenvalue weighted by Gasteiger charge is -2.24. The number of nitrogens with two attached hydrogens (primary N) is 1. The molecule has 0 radical (unpaired) electrons. The topological polar surface area (TPSA) is 46.2 Å². The molecule has 0 aliphatic carbocycles. The van der Waals surface area contributed by atoms with Gasteiger partial charge in [-0.25, -0.2) is 0 Å². The summed E-state index contributed by atoms with van der Waals surface area (Å²) in [5.41, 5.74) is 7.86. The van der Waals surface area contributed by atoms with E-state index in [9.17, 15) is 5.11 Å². The van der Waals surface area contributed by atoms with Gasteiger partial charge in [-0.05, 0) is 37.1 Å². The van der Waals surface area contributed by atoms with Gasteiger partial charge in [0.1, 0.15) is 0 Å². The largest absolute Gasteiger partial charge is 0.398 e. The molecule has 0 bridgehead atoms. The molecular weight excluding hydrogens is 254 g/mol. The van der Waals surface area contributed by atoms with Crippen LogP contribution in [0.25, 0.3) is 0 Å². The summed E-state index contributed by atoms with van der Waals surface area (Å²) < 4.78 is 0. The van der Waals surface area contributed by atoms with E-state index >= 15 is 0 Å². The third-order valence-electron chi connectivity index (χ3n) is 3.23. The molecule has 100 valence electrons. The van der Waals surface area contributed by atoms with Crippen LogP contribution in [0, 0.1) is 6.92 Å². The van der Waals surface area contributed by atoms with Gasteiger partial charge in [0.25, 0.3) is 0 Å². The molecular formula is C16H19NOS. The van der Waals surface area contributed by atoms with Crippen LogP contribution in [0.5, 0.6) is 0 Å². The van der Waals surface area contributed by atoms with Crippen LogP contribution >= 0.6 is 11.8 Å². The lowest BCUT2D eigenvalue weighted by molar-refractivity contribution is 0.0839. The molecule has 2 aromatic carbocycles. The SMILES string of the molecule is Cc1c(N)cccc1SCC(C)(O)c1ccccc1. The zero-order valence-electron chi connectivity index (χ0n) is 11.3. The number of anilines is 1. The number of nitrogen functional groups attached to an aromatic ring is 1. The van der Waals surface area contributed by atoms with Crippen molar-refractivity contribution in [2.24, 2.45) is 0 Å². The van der Waals surface area contributed by atoms with Gasteiger partial charge in [0, 0.05) is 16.3 Å². The van der Waals surface area contributed by atoms with Crippen molar-refractivity contribution in [2.75, 3.05) is 11.5 Å². The van der Waals surface area contributed by atoms with Crippen molar-refractivity contribution in [3.05, 3.63) is 59.7 Å². The molecule has 0 fully saturated rings. The summed E-state index contributed by atoms with van der Waals surface area (Å²) in [6, 6.07) is 15.6. The number of aliphatic hydroxyl groups is 1. The van der Waals surface area contributed by atoms with E-state index < -0.39 is 5.60 Å². The van der Waals surface area contributed by atoms with E-state index in [4.69, 9.17) is 5.73 Å². The van der Waals surface area contributed by atoms with E-state index in [1.165, 1.54) is 0 Å². The first-order valence-corrected chi connectivity index (χ1v) is 7.25. The van der Waals surface area contributed by atoms with Crippen molar-refractivity contribution in [3.8, 4) is 0 Å². The molecule has 0 amide bonds. The first kappa shape index (κ1) is 14.0. The Morgan fingerprint density at radius 2 is 1.79 bits per heavy atom. The van der Waals surface area contributed by atoms with Gasteiger partial charge in [-0.2, -0.15) is 0 Å². The second-order valence-electron chi connectivity index (χ2n) is 4.90. The normalized spacial score (nSPS) is 14.1. The maximum Gasteiger partial charge on any atom is 0.0962 e. The molecule has 0 heterocycles. The number of thioether (sulfide) groups is 1. The molecule has 2 aromatic rings. The summed E-state index contributed by atoms with van der Waals surface area (Å²) in [5.74, 6) is 0.599. The first-order chi connectivity index (χ1) is 9.00. The molecule has 0 saturated heterocycles. The van der Waals surface area contributed by atoms with E-state index in [1.54, 1.807) is 11.8 Å². The molecule has 0 saturated carbocycles. The van der Waals surface area contributed by atoms with Gasteiger partial charge >= 0.3 is 0 Å². The quantitative estimate of drug-likeness (QED) is 0.661. The molecule has 0 spiro atoms. The van der Waals surface area contributed by atoms with Crippen molar-refractivity contribution in [2.45, 2.75) is 24.3 Å². The zero-order chi connectivity index (χ0) is 13.9. The first-order valence-electron chi connectivity index (χ1n) is 6.26. The minimum atomic E-state index is -0.844. The maximum atomic E-state index is 10.6. The van der Waals surface area contributed by atoms with Gasteiger partial charge in [-0.1, -0.05) is 36.4 Å². The lowest BCUT2D eigenvalue weighted by Crippen LogP contribution is -2.24. The Kier molecular flexibility index (Phi) is 4.17. The summed E-state index contributed by atoms with van der Waals surface area (Å²) in [6.07, 6.45) is 0. The fraction of sp³-hybridized carbons (Fsp3) is 0.250. The summed E-state index contributed by atoms with van der Waals surface area (Å²) in [6.45, 7) is 3.85. The second kappa shape index (κ2) is 5.68. The predicted molar refractivity (Wildman–Crippen MR) is 82.3 cm³/mol. The van der Waals surface area contributed by atoms with Crippen LogP contribution in [0.2, 0.25) is 0 Å². The molecule has 0 aliphatic heterocycles. The Balaban J connectivity index is 2.12. The van der Waals surface area contributed by atoms with E-state index in [2.05, 4.69) is 0 Å². The van der Waals surface area contributed by atoms with Crippen LogP contribution in [-0.4, -0.2) is 10.9 Å². The molecule has 2 nitrogen and oxygen atoms in total. The zero-order valence-corrected chi connectivity index (χ0v) is 12.1. The van der Waals surface area contributed by atoms with Crippen LogP contribution < -0.4 is 5.73 Å². The summed E-state index contributed by atoms with van der Waals surface area (Å²) >= 11 is 1.63. The fourth-order valence-corrected chi connectivity index (χ4v) is 3.00. The van der Waals surface area contributed by atoms with Crippen molar-refractivity contribution >= 4 is 17.4 Å².